The van der Waals surface area contributed by atoms with Gasteiger partial charge in [-0.1, -0.05) is 22.0 Å². The Morgan fingerprint density at radius 3 is 2.60 bits per heavy atom. The van der Waals surface area contributed by atoms with Crippen molar-refractivity contribution in [2.75, 3.05) is 13.1 Å². The third kappa shape index (κ3) is 3.60. The Balaban J connectivity index is 2.01. The maximum Gasteiger partial charge on any atom is 0.303 e. The van der Waals surface area contributed by atoms with Gasteiger partial charge in [0, 0.05) is 29.5 Å². The first-order valence-corrected chi connectivity index (χ1v) is 7.54. The molecular formula is C15H18BrNO3. The lowest BCUT2D eigenvalue weighted by molar-refractivity contribution is -0.138. The van der Waals surface area contributed by atoms with Gasteiger partial charge in [-0.2, -0.15) is 0 Å². The van der Waals surface area contributed by atoms with Crippen molar-refractivity contribution in [3.05, 3.63) is 33.8 Å². The quantitative estimate of drug-likeness (QED) is 0.920. The maximum absolute atomic E-state index is 12.5. The van der Waals surface area contributed by atoms with Gasteiger partial charge in [-0.15, -0.1) is 0 Å². The number of piperidine rings is 1. The number of likely N-dealkylation sites (tertiary alicyclic amines) is 1. The summed E-state index contributed by atoms with van der Waals surface area (Å²) in [7, 11) is 0. The lowest BCUT2D eigenvalue weighted by atomic mass is 9.93. The van der Waals surface area contributed by atoms with Gasteiger partial charge in [0.2, 0.25) is 0 Å². The summed E-state index contributed by atoms with van der Waals surface area (Å²) in [6.07, 6.45) is 1.74. The fraction of sp³-hybridized carbons (Fsp3) is 0.467. The molecule has 1 heterocycles. The zero-order chi connectivity index (χ0) is 14.7. The summed E-state index contributed by atoms with van der Waals surface area (Å²) in [6, 6.07) is 5.70. The number of hydrogen-bond donors (Lipinski definition) is 1. The van der Waals surface area contributed by atoms with Gasteiger partial charge in [-0.05, 0) is 43.4 Å². The second-order valence-electron chi connectivity index (χ2n) is 5.29. The first kappa shape index (κ1) is 15.0. The Bertz CT molecular complexity index is 522. The van der Waals surface area contributed by atoms with Crippen molar-refractivity contribution >= 4 is 27.8 Å². The van der Waals surface area contributed by atoms with E-state index in [-0.39, 0.29) is 18.2 Å². The summed E-state index contributed by atoms with van der Waals surface area (Å²) < 4.78 is 0.896. The number of aryl methyl sites for hydroxylation is 1. The molecule has 1 aromatic carbocycles. The second kappa shape index (κ2) is 6.39. The first-order valence-electron chi connectivity index (χ1n) is 6.74. The molecule has 2 rings (SSSR count). The number of carboxylic acid groups (broad SMARTS) is 1. The van der Waals surface area contributed by atoms with E-state index in [1.165, 1.54) is 0 Å². The van der Waals surface area contributed by atoms with Crippen LogP contribution in [0.3, 0.4) is 0 Å². The molecule has 0 aliphatic carbocycles. The van der Waals surface area contributed by atoms with E-state index in [1.807, 2.05) is 30.0 Å². The number of rotatable bonds is 3. The number of aliphatic carboxylic acids is 1. The van der Waals surface area contributed by atoms with Crippen LogP contribution in [0.15, 0.2) is 22.7 Å². The van der Waals surface area contributed by atoms with Crippen molar-refractivity contribution in [1.82, 2.24) is 4.90 Å². The maximum atomic E-state index is 12.5. The Hall–Kier alpha value is -1.36. The monoisotopic (exact) mass is 339 g/mol. The Morgan fingerprint density at radius 1 is 1.35 bits per heavy atom. The molecule has 4 nitrogen and oxygen atoms in total. The third-order valence-corrected chi connectivity index (χ3v) is 4.29. The SMILES string of the molecule is Cc1ccc(Br)cc1C(=O)N1CCC(CC(=O)O)CC1. The minimum absolute atomic E-state index is 0.0394. The average molecular weight is 340 g/mol. The molecule has 1 aromatic rings. The molecular weight excluding hydrogens is 322 g/mol. The Kier molecular flexibility index (Phi) is 4.81. The third-order valence-electron chi connectivity index (χ3n) is 3.80. The van der Waals surface area contributed by atoms with Crippen LogP contribution in [0.5, 0.6) is 0 Å². The minimum atomic E-state index is -0.752. The second-order valence-corrected chi connectivity index (χ2v) is 6.21. The number of benzene rings is 1. The molecule has 1 aliphatic heterocycles. The van der Waals surface area contributed by atoms with Gasteiger partial charge in [0.1, 0.15) is 0 Å². The highest BCUT2D eigenvalue weighted by molar-refractivity contribution is 9.10. The highest BCUT2D eigenvalue weighted by Gasteiger charge is 2.25. The van der Waals surface area contributed by atoms with Crippen molar-refractivity contribution in [3.63, 3.8) is 0 Å². The standard InChI is InChI=1S/C15H18BrNO3/c1-10-2-3-12(16)9-13(10)15(20)17-6-4-11(5-7-17)8-14(18)19/h2-3,9,11H,4-8H2,1H3,(H,18,19). The summed E-state index contributed by atoms with van der Waals surface area (Å²) in [5, 5.41) is 8.80. The van der Waals surface area contributed by atoms with Crippen molar-refractivity contribution in [1.29, 1.82) is 0 Å². The van der Waals surface area contributed by atoms with Crippen LogP contribution < -0.4 is 0 Å². The Labute approximate surface area is 126 Å². The molecule has 108 valence electrons. The molecule has 0 radical (unpaired) electrons. The predicted octanol–water partition coefficient (Wildman–Crippen LogP) is 3.08. The van der Waals surface area contributed by atoms with Crippen molar-refractivity contribution in [3.8, 4) is 0 Å². The minimum Gasteiger partial charge on any atom is -0.481 e. The van der Waals surface area contributed by atoms with Crippen LogP contribution >= 0.6 is 15.9 Å². The van der Waals surface area contributed by atoms with Gasteiger partial charge >= 0.3 is 5.97 Å². The zero-order valence-corrected chi connectivity index (χ0v) is 13.0. The molecule has 0 spiro atoms. The topological polar surface area (TPSA) is 57.6 Å². The lowest BCUT2D eigenvalue weighted by Crippen LogP contribution is -2.39. The number of carbonyl (C=O) groups is 2. The van der Waals surface area contributed by atoms with Crippen LogP contribution in [0, 0.1) is 12.8 Å². The van der Waals surface area contributed by atoms with Crippen LogP contribution in [0.1, 0.15) is 35.2 Å². The van der Waals surface area contributed by atoms with Gasteiger partial charge in [-0.3, -0.25) is 9.59 Å². The molecule has 1 fully saturated rings. The van der Waals surface area contributed by atoms with E-state index in [2.05, 4.69) is 15.9 Å². The number of carbonyl (C=O) groups excluding carboxylic acids is 1. The van der Waals surface area contributed by atoms with Gasteiger partial charge < -0.3 is 10.0 Å². The molecule has 0 saturated carbocycles. The van der Waals surface area contributed by atoms with Crippen molar-refractivity contribution in [2.45, 2.75) is 26.2 Å². The fourth-order valence-electron chi connectivity index (χ4n) is 2.58. The number of amides is 1. The highest BCUT2D eigenvalue weighted by atomic mass is 79.9. The largest absolute Gasteiger partial charge is 0.481 e. The van der Waals surface area contributed by atoms with Gasteiger partial charge in [0.05, 0.1) is 0 Å². The van der Waals surface area contributed by atoms with Crippen molar-refractivity contribution < 1.29 is 14.7 Å². The summed E-state index contributed by atoms with van der Waals surface area (Å²) in [4.78, 5) is 25.0. The molecule has 0 bridgehead atoms. The van der Waals surface area contributed by atoms with Crippen LogP contribution in [-0.4, -0.2) is 35.0 Å². The number of nitrogens with zero attached hydrogens (tertiary/aromatic N) is 1. The average Bonchev–Trinajstić information content (AvgIpc) is 2.41. The summed E-state index contributed by atoms with van der Waals surface area (Å²) in [5.41, 5.74) is 1.68. The summed E-state index contributed by atoms with van der Waals surface area (Å²) in [5.74, 6) is -0.518. The van der Waals surface area contributed by atoms with Gasteiger partial charge in [-0.25, -0.2) is 0 Å². The molecule has 0 unspecified atom stereocenters. The molecule has 5 heteroatoms. The van der Waals surface area contributed by atoms with Crippen LogP contribution in [0.25, 0.3) is 0 Å². The zero-order valence-electron chi connectivity index (χ0n) is 11.4. The summed E-state index contributed by atoms with van der Waals surface area (Å²) in [6.45, 7) is 3.21. The number of hydrogen-bond acceptors (Lipinski definition) is 2. The first-order chi connectivity index (χ1) is 9.47. The smallest absolute Gasteiger partial charge is 0.303 e. The number of halogens is 1. The molecule has 1 saturated heterocycles. The fourth-order valence-corrected chi connectivity index (χ4v) is 2.94. The van der Waals surface area contributed by atoms with Crippen LogP contribution in [0.4, 0.5) is 0 Å². The molecule has 1 amide bonds. The van der Waals surface area contributed by atoms with E-state index in [9.17, 15) is 9.59 Å². The number of carboxylic acids is 1. The predicted molar refractivity (Wildman–Crippen MR) is 79.8 cm³/mol. The van der Waals surface area contributed by atoms with E-state index in [0.29, 0.717) is 13.1 Å². The molecule has 20 heavy (non-hydrogen) atoms. The van der Waals surface area contributed by atoms with Crippen LogP contribution in [0.2, 0.25) is 0 Å². The lowest BCUT2D eigenvalue weighted by Gasteiger charge is -2.31. The van der Waals surface area contributed by atoms with Gasteiger partial charge in [0.15, 0.2) is 0 Å². The molecule has 0 atom stereocenters. The van der Waals surface area contributed by atoms with E-state index in [4.69, 9.17) is 5.11 Å². The molecule has 0 aromatic heterocycles. The van der Waals surface area contributed by atoms with E-state index < -0.39 is 5.97 Å². The molecule has 1 N–H and O–H groups in total. The van der Waals surface area contributed by atoms with E-state index in [1.54, 1.807) is 0 Å². The van der Waals surface area contributed by atoms with E-state index in [0.717, 1.165) is 28.4 Å². The van der Waals surface area contributed by atoms with Crippen LogP contribution in [-0.2, 0) is 4.79 Å². The highest BCUT2D eigenvalue weighted by Crippen LogP contribution is 2.24. The van der Waals surface area contributed by atoms with E-state index >= 15 is 0 Å². The van der Waals surface area contributed by atoms with Crippen molar-refractivity contribution in [2.24, 2.45) is 5.92 Å². The summed E-state index contributed by atoms with van der Waals surface area (Å²) >= 11 is 3.39. The molecule has 1 aliphatic rings. The van der Waals surface area contributed by atoms with Gasteiger partial charge in [0.25, 0.3) is 5.91 Å². The Morgan fingerprint density at radius 2 is 2.00 bits per heavy atom. The normalized spacial score (nSPS) is 16.2.